The van der Waals surface area contributed by atoms with Crippen molar-refractivity contribution in [3.05, 3.63) is 29.8 Å². The maximum absolute atomic E-state index is 12.4. The highest BCUT2D eigenvalue weighted by molar-refractivity contribution is 5.94. The summed E-state index contributed by atoms with van der Waals surface area (Å²) in [5.74, 6) is -0.442. The number of likely N-dealkylation sites (tertiary alicyclic amines) is 1. The van der Waals surface area contributed by atoms with Crippen LogP contribution in [-0.2, 0) is 9.59 Å². The molecule has 2 fully saturated rings. The molecule has 1 aromatic rings. The van der Waals surface area contributed by atoms with Crippen molar-refractivity contribution in [1.82, 2.24) is 10.2 Å². The summed E-state index contributed by atoms with van der Waals surface area (Å²) in [6.45, 7) is 0.919. The van der Waals surface area contributed by atoms with Crippen molar-refractivity contribution in [2.45, 2.75) is 31.7 Å². The Morgan fingerprint density at radius 1 is 1.16 bits per heavy atom. The second kappa shape index (κ2) is 7.55. The van der Waals surface area contributed by atoms with Crippen molar-refractivity contribution >= 4 is 17.8 Å². The van der Waals surface area contributed by atoms with Crippen molar-refractivity contribution < 1.29 is 24.2 Å². The second-order valence-corrected chi connectivity index (χ2v) is 6.56. The molecule has 1 aliphatic heterocycles. The first-order chi connectivity index (χ1) is 12.0. The minimum absolute atomic E-state index is 0.0411. The molecule has 0 bridgehead atoms. The number of piperidine rings is 1. The van der Waals surface area contributed by atoms with E-state index in [9.17, 15) is 14.4 Å². The number of nitrogens with one attached hydrogen (secondary N) is 1. The zero-order valence-electron chi connectivity index (χ0n) is 13.9. The Morgan fingerprint density at radius 3 is 2.52 bits per heavy atom. The van der Waals surface area contributed by atoms with Crippen LogP contribution in [0.2, 0.25) is 0 Å². The van der Waals surface area contributed by atoms with Gasteiger partial charge in [-0.1, -0.05) is 6.07 Å². The lowest BCUT2D eigenvalue weighted by Crippen LogP contribution is -2.47. The lowest BCUT2D eigenvalue weighted by atomic mass is 10.0. The fourth-order valence-electron chi connectivity index (χ4n) is 2.97. The van der Waals surface area contributed by atoms with E-state index in [1.54, 1.807) is 18.2 Å². The molecule has 7 heteroatoms. The molecule has 1 saturated heterocycles. The van der Waals surface area contributed by atoms with E-state index < -0.39 is 12.6 Å². The SMILES string of the molecule is O=C(O)COc1cccc(C(=O)NC2CCN(C(=O)C3CC3)CC2)c1. The van der Waals surface area contributed by atoms with Gasteiger partial charge in [0.1, 0.15) is 5.75 Å². The van der Waals surface area contributed by atoms with Gasteiger partial charge in [-0.3, -0.25) is 9.59 Å². The molecule has 0 radical (unpaired) electrons. The number of carboxylic acids is 1. The Hall–Kier alpha value is -2.57. The van der Waals surface area contributed by atoms with Gasteiger partial charge in [0, 0.05) is 30.6 Å². The van der Waals surface area contributed by atoms with Crippen molar-refractivity contribution in [2.24, 2.45) is 5.92 Å². The summed E-state index contributed by atoms with van der Waals surface area (Å²) in [5.41, 5.74) is 0.430. The van der Waals surface area contributed by atoms with Crippen LogP contribution in [0.5, 0.6) is 5.75 Å². The van der Waals surface area contributed by atoms with Crippen LogP contribution in [0.15, 0.2) is 24.3 Å². The highest BCUT2D eigenvalue weighted by Crippen LogP contribution is 2.31. The van der Waals surface area contributed by atoms with Gasteiger partial charge < -0.3 is 20.1 Å². The third-order valence-electron chi connectivity index (χ3n) is 4.53. The van der Waals surface area contributed by atoms with Crippen molar-refractivity contribution in [1.29, 1.82) is 0 Å². The van der Waals surface area contributed by atoms with Crippen LogP contribution >= 0.6 is 0 Å². The molecule has 3 rings (SSSR count). The summed E-state index contributed by atoms with van der Waals surface area (Å²) in [7, 11) is 0. The molecule has 134 valence electrons. The van der Waals surface area contributed by atoms with Gasteiger partial charge in [-0.2, -0.15) is 0 Å². The predicted molar refractivity (Wildman–Crippen MR) is 89.4 cm³/mol. The zero-order valence-corrected chi connectivity index (χ0v) is 13.9. The highest BCUT2D eigenvalue weighted by Gasteiger charge is 2.35. The lowest BCUT2D eigenvalue weighted by molar-refractivity contribution is -0.139. The third kappa shape index (κ3) is 4.71. The predicted octanol–water partition coefficient (Wildman–Crippen LogP) is 1.28. The molecule has 25 heavy (non-hydrogen) atoms. The standard InChI is InChI=1S/C18H22N2O5/c21-16(22)11-25-15-3-1-2-13(10-15)17(23)19-14-6-8-20(9-7-14)18(24)12-4-5-12/h1-3,10,12,14H,4-9,11H2,(H,19,23)(H,21,22). The number of amides is 2. The summed E-state index contributed by atoms with van der Waals surface area (Å²) in [6.07, 6.45) is 3.52. The smallest absolute Gasteiger partial charge is 0.341 e. The zero-order chi connectivity index (χ0) is 17.8. The first kappa shape index (κ1) is 17.3. The fourth-order valence-corrected chi connectivity index (χ4v) is 2.97. The Labute approximate surface area is 146 Å². The second-order valence-electron chi connectivity index (χ2n) is 6.56. The normalized spacial score (nSPS) is 17.8. The molecule has 1 saturated carbocycles. The summed E-state index contributed by atoms with van der Waals surface area (Å²) < 4.78 is 5.09. The molecule has 0 atom stereocenters. The quantitative estimate of drug-likeness (QED) is 0.809. The number of hydrogen-bond acceptors (Lipinski definition) is 4. The van der Waals surface area contributed by atoms with Gasteiger partial charge in [-0.25, -0.2) is 4.79 Å². The van der Waals surface area contributed by atoms with Crippen LogP contribution in [0.1, 0.15) is 36.0 Å². The number of benzene rings is 1. The molecule has 1 aliphatic carbocycles. The Morgan fingerprint density at radius 2 is 1.88 bits per heavy atom. The lowest BCUT2D eigenvalue weighted by Gasteiger charge is -2.32. The minimum Gasteiger partial charge on any atom is -0.482 e. The molecular weight excluding hydrogens is 324 g/mol. The maximum Gasteiger partial charge on any atom is 0.341 e. The molecule has 0 unspecified atom stereocenters. The first-order valence-corrected chi connectivity index (χ1v) is 8.57. The number of hydrogen-bond donors (Lipinski definition) is 2. The van der Waals surface area contributed by atoms with E-state index >= 15 is 0 Å². The first-order valence-electron chi connectivity index (χ1n) is 8.57. The van der Waals surface area contributed by atoms with Crippen molar-refractivity contribution in [2.75, 3.05) is 19.7 Å². The summed E-state index contributed by atoms with van der Waals surface area (Å²) in [4.78, 5) is 36.9. The van der Waals surface area contributed by atoms with Crippen LogP contribution in [0.4, 0.5) is 0 Å². The summed E-state index contributed by atoms with van der Waals surface area (Å²) in [6, 6.07) is 6.50. The molecular formula is C18H22N2O5. The molecule has 2 amide bonds. The molecule has 2 N–H and O–H groups in total. The largest absolute Gasteiger partial charge is 0.482 e. The Bertz CT molecular complexity index is 663. The number of carbonyl (C=O) groups is 3. The van der Waals surface area contributed by atoms with Gasteiger partial charge in [-0.05, 0) is 43.9 Å². The number of nitrogens with zero attached hydrogens (tertiary/aromatic N) is 1. The van der Waals surface area contributed by atoms with Gasteiger partial charge in [-0.15, -0.1) is 0 Å². The molecule has 1 aromatic carbocycles. The van der Waals surface area contributed by atoms with Crippen LogP contribution in [0.25, 0.3) is 0 Å². The number of carboxylic acid groups (broad SMARTS) is 1. The monoisotopic (exact) mass is 346 g/mol. The Kier molecular flexibility index (Phi) is 5.21. The molecule has 0 aromatic heterocycles. The van der Waals surface area contributed by atoms with E-state index in [0.29, 0.717) is 24.4 Å². The van der Waals surface area contributed by atoms with Crippen LogP contribution in [-0.4, -0.2) is 53.5 Å². The van der Waals surface area contributed by atoms with Gasteiger partial charge in [0.25, 0.3) is 5.91 Å². The topological polar surface area (TPSA) is 95.9 Å². The molecule has 2 aliphatic rings. The van der Waals surface area contributed by atoms with Gasteiger partial charge in [0.05, 0.1) is 0 Å². The van der Waals surface area contributed by atoms with Gasteiger partial charge in [0.2, 0.25) is 5.91 Å². The van der Waals surface area contributed by atoms with E-state index in [1.807, 2.05) is 4.90 Å². The highest BCUT2D eigenvalue weighted by atomic mass is 16.5. The fraction of sp³-hybridized carbons (Fsp3) is 0.500. The van der Waals surface area contributed by atoms with Gasteiger partial charge in [0.15, 0.2) is 6.61 Å². The number of rotatable bonds is 6. The number of aliphatic carboxylic acids is 1. The number of carbonyl (C=O) groups excluding carboxylic acids is 2. The van der Waals surface area contributed by atoms with Crippen LogP contribution in [0, 0.1) is 5.92 Å². The summed E-state index contributed by atoms with van der Waals surface area (Å²) >= 11 is 0. The van der Waals surface area contributed by atoms with Crippen LogP contribution < -0.4 is 10.1 Å². The maximum atomic E-state index is 12.4. The average molecular weight is 346 g/mol. The third-order valence-corrected chi connectivity index (χ3v) is 4.53. The van der Waals surface area contributed by atoms with E-state index in [2.05, 4.69) is 5.32 Å². The van der Waals surface area contributed by atoms with Crippen molar-refractivity contribution in [3.63, 3.8) is 0 Å². The minimum atomic E-state index is -1.07. The van der Waals surface area contributed by atoms with E-state index in [1.165, 1.54) is 6.07 Å². The van der Waals surface area contributed by atoms with Crippen LogP contribution in [0.3, 0.4) is 0 Å². The average Bonchev–Trinajstić information content (AvgIpc) is 3.45. The molecule has 0 spiro atoms. The van der Waals surface area contributed by atoms with E-state index in [4.69, 9.17) is 9.84 Å². The van der Waals surface area contributed by atoms with E-state index in [-0.39, 0.29) is 23.8 Å². The van der Waals surface area contributed by atoms with E-state index in [0.717, 1.165) is 25.7 Å². The molecule has 7 nitrogen and oxygen atoms in total. The van der Waals surface area contributed by atoms with Gasteiger partial charge >= 0.3 is 5.97 Å². The number of ether oxygens (including phenoxy) is 1. The summed E-state index contributed by atoms with van der Waals surface area (Å²) in [5, 5.41) is 11.6. The molecule has 1 heterocycles. The Balaban J connectivity index is 1.50. The van der Waals surface area contributed by atoms with Crippen molar-refractivity contribution in [3.8, 4) is 5.75 Å².